The molecule has 1 N–H and O–H groups in total. The van der Waals surface area contributed by atoms with Crippen molar-refractivity contribution in [2.75, 3.05) is 19.6 Å². The molecule has 0 aromatic rings. The largest absolute Gasteiger partial charge is 0.481 e. The molecule has 0 bridgehead atoms. The first-order chi connectivity index (χ1) is 7.08. The Morgan fingerprint density at radius 3 is 2.87 bits per heavy atom. The Morgan fingerprint density at radius 1 is 1.53 bits per heavy atom. The fraction of sp³-hybridized carbons (Fsp3) is 0.750. The average molecular weight is 211 g/mol. The van der Waals surface area contributed by atoms with E-state index in [-0.39, 0.29) is 0 Å². The molecular weight excluding hydrogens is 190 g/mol. The topological polar surface area (TPSA) is 40.5 Å². The Hall–Kier alpha value is -0.830. The van der Waals surface area contributed by atoms with Crippen molar-refractivity contribution in [3.8, 4) is 0 Å². The van der Waals surface area contributed by atoms with E-state index in [0.29, 0.717) is 12.3 Å². The molecule has 1 heterocycles. The first kappa shape index (κ1) is 12.2. The van der Waals surface area contributed by atoms with E-state index in [0.717, 1.165) is 38.9 Å². The summed E-state index contributed by atoms with van der Waals surface area (Å²) in [5, 5.41) is 8.59. The van der Waals surface area contributed by atoms with Gasteiger partial charge >= 0.3 is 5.97 Å². The SMILES string of the molecule is C=C(C)CCN1CCC(CCC(=O)O)C1. The molecule has 0 saturated carbocycles. The molecule has 1 fully saturated rings. The number of carbonyl (C=O) groups is 1. The minimum absolute atomic E-state index is 0.318. The van der Waals surface area contributed by atoms with E-state index in [1.54, 1.807) is 0 Å². The van der Waals surface area contributed by atoms with Crippen molar-refractivity contribution < 1.29 is 9.90 Å². The summed E-state index contributed by atoms with van der Waals surface area (Å²) < 4.78 is 0. The molecular formula is C12H21NO2. The summed E-state index contributed by atoms with van der Waals surface area (Å²) in [4.78, 5) is 12.8. The third-order valence-electron chi connectivity index (χ3n) is 2.99. The average Bonchev–Trinajstić information content (AvgIpc) is 2.59. The van der Waals surface area contributed by atoms with E-state index in [1.807, 2.05) is 0 Å². The molecule has 1 atom stereocenters. The standard InChI is InChI=1S/C12H21NO2/c1-10(2)5-7-13-8-6-11(9-13)3-4-12(14)15/h11H,1,3-9H2,2H3,(H,14,15). The van der Waals surface area contributed by atoms with Crippen LogP contribution >= 0.6 is 0 Å². The van der Waals surface area contributed by atoms with Gasteiger partial charge in [0.1, 0.15) is 0 Å². The Kier molecular flexibility index (Phi) is 4.82. The lowest BCUT2D eigenvalue weighted by Gasteiger charge is -2.15. The molecule has 1 saturated heterocycles. The number of nitrogens with zero attached hydrogens (tertiary/aromatic N) is 1. The second-order valence-corrected chi connectivity index (χ2v) is 4.59. The molecule has 1 aliphatic heterocycles. The lowest BCUT2D eigenvalue weighted by Crippen LogP contribution is -2.22. The molecule has 0 aromatic heterocycles. The summed E-state index contributed by atoms with van der Waals surface area (Å²) in [7, 11) is 0. The van der Waals surface area contributed by atoms with Crippen LogP contribution in [0.4, 0.5) is 0 Å². The molecule has 1 aliphatic rings. The Balaban J connectivity index is 2.15. The minimum atomic E-state index is -0.671. The number of carboxylic acid groups (broad SMARTS) is 1. The first-order valence-corrected chi connectivity index (χ1v) is 5.66. The van der Waals surface area contributed by atoms with Crippen LogP contribution < -0.4 is 0 Å². The zero-order valence-corrected chi connectivity index (χ0v) is 9.54. The van der Waals surface area contributed by atoms with Gasteiger partial charge in [-0.3, -0.25) is 4.79 Å². The number of aliphatic carboxylic acids is 1. The van der Waals surface area contributed by atoms with Crippen molar-refractivity contribution in [1.29, 1.82) is 0 Å². The van der Waals surface area contributed by atoms with Crippen LogP contribution in [0, 0.1) is 5.92 Å². The summed E-state index contributed by atoms with van der Waals surface area (Å²) in [6, 6.07) is 0. The van der Waals surface area contributed by atoms with Crippen LogP contribution in [-0.4, -0.2) is 35.6 Å². The summed E-state index contributed by atoms with van der Waals surface area (Å²) in [6.45, 7) is 9.22. The van der Waals surface area contributed by atoms with Crippen molar-refractivity contribution in [2.45, 2.75) is 32.6 Å². The highest BCUT2D eigenvalue weighted by Crippen LogP contribution is 2.21. The van der Waals surface area contributed by atoms with Crippen LogP contribution in [0.1, 0.15) is 32.6 Å². The van der Waals surface area contributed by atoms with Crippen molar-refractivity contribution in [3.63, 3.8) is 0 Å². The van der Waals surface area contributed by atoms with E-state index in [1.165, 1.54) is 5.57 Å². The second kappa shape index (κ2) is 5.91. The summed E-state index contributed by atoms with van der Waals surface area (Å²) in [5.41, 5.74) is 1.23. The molecule has 1 rings (SSSR count). The van der Waals surface area contributed by atoms with Gasteiger partial charge < -0.3 is 10.0 Å². The minimum Gasteiger partial charge on any atom is -0.481 e. The summed E-state index contributed by atoms with van der Waals surface area (Å²) in [5.74, 6) is -0.0818. The highest BCUT2D eigenvalue weighted by Gasteiger charge is 2.22. The van der Waals surface area contributed by atoms with Crippen LogP contribution in [0.15, 0.2) is 12.2 Å². The predicted octanol–water partition coefficient (Wildman–Crippen LogP) is 2.14. The predicted molar refractivity (Wildman–Crippen MR) is 60.8 cm³/mol. The Bertz CT molecular complexity index is 214. The van der Waals surface area contributed by atoms with Crippen LogP contribution in [0.3, 0.4) is 0 Å². The highest BCUT2D eigenvalue weighted by atomic mass is 16.4. The Morgan fingerprint density at radius 2 is 2.27 bits per heavy atom. The number of rotatable bonds is 6. The fourth-order valence-electron chi connectivity index (χ4n) is 2.03. The molecule has 15 heavy (non-hydrogen) atoms. The van der Waals surface area contributed by atoms with Crippen molar-refractivity contribution in [1.82, 2.24) is 4.90 Å². The molecule has 0 spiro atoms. The lowest BCUT2D eigenvalue weighted by atomic mass is 10.0. The zero-order valence-electron chi connectivity index (χ0n) is 9.54. The van der Waals surface area contributed by atoms with Gasteiger partial charge in [0.25, 0.3) is 0 Å². The van der Waals surface area contributed by atoms with Gasteiger partial charge in [0.05, 0.1) is 0 Å². The monoisotopic (exact) mass is 211 g/mol. The lowest BCUT2D eigenvalue weighted by molar-refractivity contribution is -0.137. The smallest absolute Gasteiger partial charge is 0.303 e. The van der Waals surface area contributed by atoms with E-state index in [4.69, 9.17) is 5.11 Å². The molecule has 0 aromatic carbocycles. The second-order valence-electron chi connectivity index (χ2n) is 4.59. The first-order valence-electron chi connectivity index (χ1n) is 5.66. The molecule has 3 nitrogen and oxygen atoms in total. The molecule has 3 heteroatoms. The van der Waals surface area contributed by atoms with Crippen LogP contribution in [0.25, 0.3) is 0 Å². The number of hydrogen-bond acceptors (Lipinski definition) is 2. The quantitative estimate of drug-likeness (QED) is 0.684. The van der Waals surface area contributed by atoms with Gasteiger partial charge in [0.15, 0.2) is 0 Å². The van der Waals surface area contributed by atoms with Crippen LogP contribution in [-0.2, 0) is 4.79 Å². The van der Waals surface area contributed by atoms with Crippen molar-refractivity contribution >= 4 is 5.97 Å². The number of carboxylic acids is 1. The molecule has 0 aliphatic carbocycles. The van der Waals surface area contributed by atoms with Gasteiger partial charge in [0, 0.05) is 19.5 Å². The van der Waals surface area contributed by atoms with Gasteiger partial charge in [-0.2, -0.15) is 0 Å². The van der Waals surface area contributed by atoms with Gasteiger partial charge in [0.2, 0.25) is 0 Å². The maximum atomic E-state index is 10.4. The molecule has 1 unspecified atom stereocenters. The van der Waals surface area contributed by atoms with Crippen LogP contribution in [0.2, 0.25) is 0 Å². The third-order valence-corrected chi connectivity index (χ3v) is 2.99. The highest BCUT2D eigenvalue weighted by molar-refractivity contribution is 5.66. The van der Waals surface area contributed by atoms with E-state index in [9.17, 15) is 4.79 Å². The van der Waals surface area contributed by atoms with Gasteiger partial charge in [-0.05, 0) is 38.6 Å². The third kappa shape index (κ3) is 4.98. The van der Waals surface area contributed by atoms with Gasteiger partial charge in [-0.15, -0.1) is 6.58 Å². The number of hydrogen-bond donors (Lipinski definition) is 1. The van der Waals surface area contributed by atoms with Crippen LogP contribution in [0.5, 0.6) is 0 Å². The Labute approximate surface area is 91.8 Å². The van der Waals surface area contributed by atoms with Crippen molar-refractivity contribution in [2.24, 2.45) is 5.92 Å². The number of likely N-dealkylation sites (tertiary alicyclic amines) is 1. The normalized spacial score (nSPS) is 21.8. The molecule has 0 amide bonds. The fourth-order valence-corrected chi connectivity index (χ4v) is 2.03. The zero-order chi connectivity index (χ0) is 11.3. The van der Waals surface area contributed by atoms with E-state index < -0.39 is 5.97 Å². The maximum absolute atomic E-state index is 10.4. The van der Waals surface area contributed by atoms with E-state index >= 15 is 0 Å². The van der Waals surface area contributed by atoms with Gasteiger partial charge in [-0.1, -0.05) is 5.57 Å². The summed E-state index contributed by atoms with van der Waals surface area (Å²) >= 11 is 0. The maximum Gasteiger partial charge on any atom is 0.303 e. The van der Waals surface area contributed by atoms with Gasteiger partial charge in [-0.25, -0.2) is 0 Å². The molecule has 86 valence electrons. The summed E-state index contributed by atoms with van der Waals surface area (Å²) in [6.07, 6.45) is 3.37. The molecule has 0 radical (unpaired) electrons. The van der Waals surface area contributed by atoms with Crippen molar-refractivity contribution in [3.05, 3.63) is 12.2 Å². The van der Waals surface area contributed by atoms with E-state index in [2.05, 4.69) is 18.4 Å².